The first kappa shape index (κ1) is 17.7. The van der Waals surface area contributed by atoms with Gasteiger partial charge in [-0.25, -0.2) is 0 Å². The summed E-state index contributed by atoms with van der Waals surface area (Å²) in [5, 5.41) is 7.38. The molecule has 3 aromatic rings. The molecule has 0 aliphatic rings. The lowest BCUT2D eigenvalue weighted by Crippen LogP contribution is -2.25. The van der Waals surface area contributed by atoms with Crippen molar-refractivity contribution < 1.29 is 9.53 Å². The molecule has 0 atom stereocenters. The normalized spacial score (nSPS) is 10.6. The molecule has 0 unspecified atom stereocenters. The van der Waals surface area contributed by atoms with E-state index in [9.17, 15) is 4.79 Å². The zero-order valence-electron chi connectivity index (χ0n) is 15.3. The van der Waals surface area contributed by atoms with Crippen LogP contribution in [0.1, 0.15) is 27.3 Å². The van der Waals surface area contributed by atoms with Crippen molar-refractivity contribution in [2.24, 2.45) is 7.05 Å². The van der Waals surface area contributed by atoms with E-state index in [1.807, 2.05) is 68.0 Å². The Morgan fingerprint density at radius 1 is 1.08 bits per heavy atom. The molecule has 5 nitrogen and oxygen atoms in total. The Morgan fingerprint density at radius 3 is 2.50 bits per heavy atom. The summed E-state index contributed by atoms with van der Waals surface area (Å²) in [6.07, 6.45) is 0.761. The van der Waals surface area contributed by atoms with Crippen LogP contribution in [0.15, 0.2) is 54.6 Å². The first-order valence-corrected chi connectivity index (χ1v) is 8.65. The van der Waals surface area contributed by atoms with Gasteiger partial charge in [0.25, 0.3) is 5.91 Å². The van der Waals surface area contributed by atoms with Gasteiger partial charge in [0.2, 0.25) is 0 Å². The Bertz CT molecular complexity index is 901. The van der Waals surface area contributed by atoms with Crippen molar-refractivity contribution in [1.29, 1.82) is 0 Å². The number of nitrogens with one attached hydrogen (secondary N) is 1. The molecule has 0 bridgehead atoms. The van der Waals surface area contributed by atoms with Gasteiger partial charge in [0, 0.05) is 24.8 Å². The van der Waals surface area contributed by atoms with Gasteiger partial charge >= 0.3 is 0 Å². The summed E-state index contributed by atoms with van der Waals surface area (Å²) in [7, 11) is 1.93. The van der Waals surface area contributed by atoms with Gasteiger partial charge in [0.1, 0.15) is 11.5 Å². The Morgan fingerprint density at radius 2 is 1.81 bits per heavy atom. The molecule has 1 amide bonds. The fourth-order valence-corrected chi connectivity index (χ4v) is 2.91. The van der Waals surface area contributed by atoms with E-state index in [2.05, 4.69) is 10.4 Å². The second kappa shape index (κ2) is 7.87. The number of carbonyl (C=O) groups is 1. The van der Waals surface area contributed by atoms with Crippen LogP contribution < -0.4 is 10.1 Å². The summed E-state index contributed by atoms with van der Waals surface area (Å²) >= 11 is 0. The molecular weight excluding hydrogens is 326 g/mol. The maximum Gasteiger partial charge on any atom is 0.251 e. The van der Waals surface area contributed by atoms with Gasteiger partial charge in [-0.2, -0.15) is 5.10 Å². The number of nitrogens with zero attached hydrogens (tertiary/aromatic N) is 2. The van der Waals surface area contributed by atoms with Crippen LogP contribution in [0.3, 0.4) is 0 Å². The standard InChI is InChI=1S/C21H23N3O2/c1-15-20(16(2)24(3)23-15)12-13-22-21(25)17-8-7-11-19(14-17)26-18-9-5-4-6-10-18/h4-11,14H,12-13H2,1-3H3,(H,22,25). The van der Waals surface area contributed by atoms with E-state index in [1.54, 1.807) is 12.1 Å². The molecule has 26 heavy (non-hydrogen) atoms. The van der Waals surface area contributed by atoms with E-state index in [4.69, 9.17) is 4.74 Å². The fourth-order valence-electron chi connectivity index (χ4n) is 2.91. The van der Waals surface area contributed by atoms with Crippen molar-refractivity contribution in [1.82, 2.24) is 15.1 Å². The zero-order chi connectivity index (χ0) is 18.5. The van der Waals surface area contributed by atoms with E-state index < -0.39 is 0 Å². The van der Waals surface area contributed by atoms with Crippen LogP contribution in [0, 0.1) is 13.8 Å². The molecule has 0 fully saturated rings. The molecule has 2 aromatic carbocycles. The molecule has 0 saturated carbocycles. The molecule has 0 saturated heterocycles. The van der Waals surface area contributed by atoms with E-state index in [0.717, 1.165) is 23.6 Å². The number of amides is 1. The first-order valence-electron chi connectivity index (χ1n) is 8.65. The number of aryl methyl sites for hydroxylation is 2. The average molecular weight is 349 g/mol. The van der Waals surface area contributed by atoms with Gasteiger partial charge in [-0.15, -0.1) is 0 Å². The number of hydrogen-bond acceptors (Lipinski definition) is 3. The summed E-state index contributed by atoms with van der Waals surface area (Å²) in [5.74, 6) is 1.28. The van der Waals surface area contributed by atoms with Gasteiger partial charge in [-0.05, 0) is 56.2 Å². The van der Waals surface area contributed by atoms with Crippen LogP contribution >= 0.6 is 0 Å². The highest BCUT2D eigenvalue weighted by molar-refractivity contribution is 5.94. The highest BCUT2D eigenvalue weighted by Crippen LogP contribution is 2.21. The van der Waals surface area contributed by atoms with Crippen molar-refractivity contribution in [3.8, 4) is 11.5 Å². The Kier molecular flexibility index (Phi) is 5.37. The van der Waals surface area contributed by atoms with Gasteiger partial charge in [0.05, 0.1) is 5.69 Å². The quantitative estimate of drug-likeness (QED) is 0.736. The summed E-state index contributed by atoms with van der Waals surface area (Å²) < 4.78 is 7.66. The van der Waals surface area contributed by atoms with Crippen molar-refractivity contribution in [3.05, 3.63) is 77.1 Å². The molecule has 3 rings (SSSR count). The van der Waals surface area contributed by atoms with Crippen molar-refractivity contribution in [2.45, 2.75) is 20.3 Å². The lowest BCUT2D eigenvalue weighted by atomic mass is 10.1. The predicted molar refractivity (Wildman–Crippen MR) is 102 cm³/mol. The molecule has 1 heterocycles. The minimum absolute atomic E-state index is 0.109. The van der Waals surface area contributed by atoms with Crippen LogP contribution in [0.2, 0.25) is 0 Å². The highest BCUT2D eigenvalue weighted by atomic mass is 16.5. The Hall–Kier alpha value is -3.08. The third-order valence-electron chi connectivity index (χ3n) is 4.39. The van der Waals surface area contributed by atoms with Crippen molar-refractivity contribution >= 4 is 5.91 Å². The lowest BCUT2D eigenvalue weighted by molar-refractivity contribution is 0.0954. The van der Waals surface area contributed by atoms with E-state index in [-0.39, 0.29) is 5.91 Å². The van der Waals surface area contributed by atoms with Gasteiger partial charge in [0.15, 0.2) is 0 Å². The third-order valence-corrected chi connectivity index (χ3v) is 4.39. The van der Waals surface area contributed by atoms with Crippen LogP contribution in [-0.4, -0.2) is 22.2 Å². The topological polar surface area (TPSA) is 56.2 Å². The second-order valence-electron chi connectivity index (χ2n) is 6.22. The number of para-hydroxylation sites is 1. The maximum atomic E-state index is 12.4. The fraction of sp³-hybridized carbons (Fsp3) is 0.238. The monoisotopic (exact) mass is 349 g/mol. The number of carbonyl (C=O) groups excluding carboxylic acids is 1. The largest absolute Gasteiger partial charge is 0.457 e. The minimum Gasteiger partial charge on any atom is -0.457 e. The number of rotatable bonds is 6. The number of aromatic nitrogens is 2. The van der Waals surface area contributed by atoms with Gasteiger partial charge < -0.3 is 10.1 Å². The summed E-state index contributed by atoms with van der Waals surface area (Å²) in [5.41, 5.74) is 3.92. The number of hydrogen-bond donors (Lipinski definition) is 1. The summed E-state index contributed by atoms with van der Waals surface area (Å²) in [6.45, 7) is 4.60. The van der Waals surface area contributed by atoms with Crippen LogP contribution in [0.25, 0.3) is 0 Å². The Balaban J connectivity index is 1.60. The lowest BCUT2D eigenvalue weighted by Gasteiger charge is -2.09. The zero-order valence-corrected chi connectivity index (χ0v) is 15.3. The van der Waals surface area contributed by atoms with Crippen molar-refractivity contribution in [2.75, 3.05) is 6.54 Å². The van der Waals surface area contributed by atoms with Crippen LogP contribution in [-0.2, 0) is 13.5 Å². The summed E-state index contributed by atoms with van der Waals surface area (Å²) in [6, 6.07) is 16.7. The van der Waals surface area contributed by atoms with E-state index in [0.29, 0.717) is 17.9 Å². The van der Waals surface area contributed by atoms with E-state index >= 15 is 0 Å². The molecule has 134 valence electrons. The molecule has 0 radical (unpaired) electrons. The third kappa shape index (κ3) is 4.11. The van der Waals surface area contributed by atoms with Crippen LogP contribution in [0.4, 0.5) is 0 Å². The molecule has 1 aromatic heterocycles. The summed E-state index contributed by atoms with van der Waals surface area (Å²) in [4.78, 5) is 12.4. The first-order chi connectivity index (χ1) is 12.5. The van der Waals surface area contributed by atoms with E-state index in [1.165, 1.54) is 5.56 Å². The minimum atomic E-state index is -0.109. The number of benzene rings is 2. The molecule has 0 aliphatic heterocycles. The molecule has 0 aliphatic carbocycles. The van der Waals surface area contributed by atoms with Crippen LogP contribution in [0.5, 0.6) is 11.5 Å². The highest BCUT2D eigenvalue weighted by Gasteiger charge is 2.11. The average Bonchev–Trinajstić information content (AvgIpc) is 2.88. The Labute approximate surface area is 153 Å². The molecule has 0 spiro atoms. The predicted octanol–water partition coefficient (Wildman–Crippen LogP) is 3.80. The maximum absolute atomic E-state index is 12.4. The van der Waals surface area contributed by atoms with Crippen molar-refractivity contribution in [3.63, 3.8) is 0 Å². The second-order valence-corrected chi connectivity index (χ2v) is 6.22. The smallest absolute Gasteiger partial charge is 0.251 e. The molecule has 5 heteroatoms. The molecular formula is C21H23N3O2. The van der Waals surface area contributed by atoms with Gasteiger partial charge in [-0.1, -0.05) is 24.3 Å². The SMILES string of the molecule is Cc1nn(C)c(C)c1CCNC(=O)c1cccc(Oc2ccccc2)c1. The number of ether oxygens (including phenoxy) is 1. The van der Waals surface area contributed by atoms with Gasteiger partial charge in [-0.3, -0.25) is 9.48 Å². The molecule has 1 N–H and O–H groups in total.